The molecule has 0 spiro atoms. The monoisotopic (exact) mass is 734 g/mol. The summed E-state index contributed by atoms with van der Waals surface area (Å²) in [7, 11) is 0. The van der Waals surface area contributed by atoms with Crippen molar-refractivity contribution < 1.29 is 44.4 Å². The van der Waals surface area contributed by atoms with E-state index < -0.39 is 49.6 Å². The Morgan fingerprint density at radius 3 is 1.62 bits per heavy atom. The lowest BCUT2D eigenvalue weighted by Crippen LogP contribution is -2.53. The van der Waals surface area contributed by atoms with Crippen molar-refractivity contribution in [3.8, 4) is 0 Å². The van der Waals surface area contributed by atoms with E-state index in [9.17, 15) is 44.4 Å². The van der Waals surface area contributed by atoms with E-state index in [1.165, 1.54) is 4.90 Å². The van der Waals surface area contributed by atoms with Crippen LogP contribution in [0.15, 0.2) is 42.5 Å². The molecule has 1 unspecified atom stereocenters. The standard InChI is InChI=1S/C34H45Cl2N5O9/c35-27-7-3-8-28(36)26(27)19-24-5-1-2-6-25(24)20-30(42)37-10-4-9-29(34(49)50)41-17-15-39(22-32(45)46)13-11-38(21-31(43)44)12-14-40(16-18-41)23-33(47)48/h1-3,5-8,29H,4,9-23H2,(H,37,42)(H,43,44)(H,45,46)(H,47,48)(H,49,50)/p-3. The Morgan fingerprint density at radius 2 is 1.16 bits per heavy atom. The highest BCUT2D eigenvalue weighted by molar-refractivity contribution is 6.36. The van der Waals surface area contributed by atoms with Gasteiger partial charge < -0.3 is 40.1 Å². The molecule has 3 rings (SSSR count). The zero-order valence-electron chi connectivity index (χ0n) is 27.7. The van der Waals surface area contributed by atoms with Crippen LogP contribution in [0.5, 0.6) is 0 Å². The van der Waals surface area contributed by atoms with Crippen molar-refractivity contribution >= 4 is 53.0 Å². The van der Waals surface area contributed by atoms with E-state index >= 15 is 0 Å². The SMILES string of the molecule is O=C([O-])CN1CCN(CC(=O)[O-])CCN(C(CCCNC(=O)Cc2ccccc2Cc2c(Cl)cccc2Cl)C(=O)O)CCN(CC(=O)[O-])CC1. The number of halogens is 2. The zero-order chi connectivity index (χ0) is 36.6. The summed E-state index contributed by atoms with van der Waals surface area (Å²) in [6.45, 7) is 0.0151. The predicted molar refractivity (Wildman–Crippen MR) is 179 cm³/mol. The Kier molecular flexibility index (Phi) is 16.9. The van der Waals surface area contributed by atoms with Gasteiger partial charge in [0.15, 0.2) is 0 Å². The second-order valence-electron chi connectivity index (χ2n) is 12.1. The molecule has 1 saturated heterocycles. The number of hydrogen-bond donors (Lipinski definition) is 2. The number of nitrogens with zero attached hydrogens (tertiary/aromatic N) is 4. The first-order valence-electron chi connectivity index (χ1n) is 16.3. The van der Waals surface area contributed by atoms with Crippen LogP contribution in [0.3, 0.4) is 0 Å². The average Bonchev–Trinajstić information content (AvgIpc) is 3.03. The molecule has 2 aromatic rings. The summed E-state index contributed by atoms with van der Waals surface area (Å²) >= 11 is 12.7. The third-order valence-corrected chi connectivity index (χ3v) is 9.24. The molecule has 1 aliphatic heterocycles. The van der Waals surface area contributed by atoms with Crippen LogP contribution in [0.4, 0.5) is 0 Å². The van der Waals surface area contributed by atoms with Gasteiger partial charge in [0.1, 0.15) is 6.04 Å². The maximum Gasteiger partial charge on any atom is 0.320 e. The third-order valence-electron chi connectivity index (χ3n) is 8.53. The Hall–Kier alpha value is -3.79. The van der Waals surface area contributed by atoms with Crippen LogP contribution in [0.25, 0.3) is 0 Å². The van der Waals surface area contributed by atoms with E-state index in [0.717, 1.165) is 16.7 Å². The van der Waals surface area contributed by atoms with Gasteiger partial charge >= 0.3 is 5.97 Å². The molecule has 1 amide bonds. The van der Waals surface area contributed by atoms with Gasteiger partial charge in [-0.3, -0.25) is 29.2 Å². The van der Waals surface area contributed by atoms with Crippen molar-refractivity contribution in [2.75, 3.05) is 78.5 Å². The number of benzene rings is 2. The Labute approximate surface area is 301 Å². The minimum Gasteiger partial charge on any atom is -0.549 e. The molecule has 0 aromatic heterocycles. The number of carboxylic acids is 4. The highest BCUT2D eigenvalue weighted by Gasteiger charge is 2.27. The van der Waals surface area contributed by atoms with Crippen LogP contribution in [0.2, 0.25) is 10.0 Å². The molecule has 0 saturated carbocycles. The Bertz CT molecular complexity index is 1430. The summed E-state index contributed by atoms with van der Waals surface area (Å²) in [6, 6.07) is 11.7. The molecule has 50 heavy (non-hydrogen) atoms. The maximum atomic E-state index is 12.9. The number of aliphatic carboxylic acids is 4. The topological polar surface area (TPSA) is 200 Å². The molecular formula is C34H42Cl2N5O9-3. The molecular weight excluding hydrogens is 693 g/mol. The van der Waals surface area contributed by atoms with Gasteiger partial charge in [0, 0.05) is 95.0 Å². The van der Waals surface area contributed by atoms with Gasteiger partial charge in [-0.2, -0.15) is 0 Å². The van der Waals surface area contributed by atoms with Crippen LogP contribution in [0, 0.1) is 0 Å². The van der Waals surface area contributed by atoms with Gasteiger partial charge in [-0.1, -0.05) is 53.5 Å². The molecule has 1 aliphatic rings. The fourth-order valence-corrected chi connectivity index (χ4v) is 6.43. The Morgan fingerprint density at radius 1 is 0.700 bits per heavy atom. The molecule has 2 N–H and O–H groups in total. The quantitative estimate of drug-likeness (QED) is 0.179. The molecule has 1 fully saturated rings. The number of carbonyl (C=O) groups is 5. The molecule has 2 aromatic carbocycles. The van der Waals surface area contributed by atoms with E-state index in [2.05, 4.69) is 5.32 Å². The molecule has 274 valence electrons. The van der Waals surface area contributed by atoms with E-state index in [-0.39, 0.29) is 77.7 Å². The minimum absolute atomic E-state index is 0.0929. The normalized spacial score (nSPS) is 16.5. The summed E-state index contributed by atoms with van der Waals surface area (Å²) in [5, 5.41) is 48.3. The minimum atomic E-state index is -1.34. The van der Waals surface area contributed by atoms with Gasteiger partial charge in [0.25, 0.3) is 0 Å². The summed E-state index contributed by atoms with van der Waals surface area (Å²) in [5.41, 5.74) is 2.45. The molecule has 16 heteroatoms. The number of nitrogens with one attached hydrogen (secondary N) is 1. The summed E-state index contributed by atoms with van der Waals surface area (Å²) in [4.78, 5) is 65.9. The number of carboxylic acid groups (broad SMARTS) is 4. The van der Waals surface area contributed by atoms with Gasteiger partial charge in [0.05, 0.1) is 24.3 Å². The molecule has 0 radical (unpaired) electrons. The molecule has 1 heterocycles. The lowest BCUT2D eigenvalue weighted by atomic mass is 9.97. The number of amides is 1. The van der Waals surface area contributed by atoms with E-state index in [4.69, 9.17) is 23.2 Å². The van der Waals surface area contributed by atoms with Crippen LogP contribution in [0.1, 0.15) is 29.5 Å². The Balaban J connectivity index is 1.65. The third kappa shape index (κ3) is 14.2. The molecule has 0 aliphatic carbocycles. The second-order valence-corrected chi connectivity index (χ2v) is 13.0. The van der Waals surface area contributed by atoms with Crippen molar-refractivity contribution in [2.24, 2.45) is 0 Å². The predicted octanol–water partition coefficient (Wildman–Crippen LogP) is -2.05. The van der Waals surface area contributed by atoms with Crippen LogP contribution < -0.4 is 20.6 Å². The fraction of sp³-hybridized carbons (Fsp3) is 0.500. The summed E-state index contributed by atoms with van der Waals surface area (Å²) < 4.78 is 0. The molecule has 14 nitrogen and oxygen atoms in total. The number of carbonyl (C=O) groups excluding carboxylic acids is 4. The lowest BCUT2D eigenvalue weighted by Gasteiger charge is -2.36. The number of hydrogen-bond acceptors (Lipinski definition) is 12. The van der Waals surface area contributed by atoms with Crippen molar-refractivity contribution in [1.82, 2.24) is 24.9 Å². The fourth-order valence-electron chi connectivity index (χ4n) is 5.90. The largest absolute Gasteiger partial charge is 0.549 e. The molecule has 1 atom stereocenters. The second kappa shape index (κ2) is 20.8. The lowest BCUT2D eigenvalue weighted by molar-refractivity contribution is -0.308. The highest BCUT2D eigenvalue weighted by atomic mass is 35.5. The van der Waals surface area contributed by atoms with Gasteiger partial charge in [-0.25, -0.2) is 0 Å². The van der Waals surface area contributed by atoms with Crippen molar-refractivity contribution in [2.45, 2.75) is 31.7 Å². The van der Waals surface area contributed by atoms with Gasteiger partial charge in [0.2, 0.25) is 5.91 Å². The van der Waals surface area contributed by atoms with E-state index in [1.807, 2.05) is 24.3 Å². The average molecular weight is 736 g/mol. The summed E-state index contributed by atoms with van der Waals surface area (Å²) in [6.07, 6.45) is 1.00. The number of rotatable bonds is 16. The first-order valence-corrected chi connectivity index (χ1v) is 17.1. The van der Waals surface area contributed by atoms with Gasteiger partial charge in [-0.05, 0) is 41.7 Å². The zero-order valence-corrected chi connectivity index (χ0v) is 29.2. The van der Waals surface area contributed by atoms with Crippen molar-refractivity contribution in [3.63, 3.8) is 0 Å². The maximum absolute atomic E-state index is 12.9. The van der Waals surface area contributed by atoms with Crippen molar-refractivity contribution in [3.05, 3.63) is 69.2 Å². The smallest absolute Gasteiger partial charge is 0.320 e. The first kappa shape index (κ1) is 40.6. The highest BCUT2D eigenvalue weighted by Crippen LogP contribution is 2.28. The van der Waals surface area contributed by atoms with E-state index in [1.54, 1.807) is 32.9 Å². The van der Waals surface area contributed by atoms with Crippen molar-refractivity contribution in [1.29, 1.82) is 0 Å². The van der Waals surface area contributed by atoms with Crippen LogP contribution in [-0.2, 0) is 36.8 Å². The summed E-state index contributed by atoms with van der Waals surface area (Å²) in [5.74, 6) is -5.37. The first-order chi connectivity index (χ1) is 23.8. The van der Waals surface area contributed by atoms with Crippen LogP contribution >= 0.6 is 23.2 Å². The molecule has 0 bridgehead atoms. The van der Waals surface area contributed by atoms with Gasteiger partial charge in [-0.15, -0.1) is 0 Å². The van der Waals surface area contributed by atoms with Crippen LogP contribution in [-0.4, -0.2) is 139 Å². The van der Waals surface area contributed by atoms with E-state index in [0.29, 0.717) is 22.9 Å².